The molecule has 3 rings (SSSR count). The van der Waals surface area contributed by atoms with Crippen molar-refractivity contribution in [3.8, 4) is 0 Å². The molecule has 0 spiro atoms. The Morgan fingerprint density at radius 1 is 1.40 bits per heavy atom. The number of nitrogen functional groups attached to an aromatic ring is 1. The Hall–Kier alpha value is -3.03. The summed E-state index contributed by atoms with van der Waals surface area (Å²) in [5.74, 6) is 0.643. The molecule has 1 amide bonds. The van der Waals surface area contributed by atoms with E-state index in [1.54, 1.807) is 12.3 Å². The number of anilines is 1. The number of halogens is 1. The molecule has 1 aliphatic heterocycles. The highest BCUT2D eigenvalue weighted by Gasteiger charge is 2.28. The summed E-state index contributed by atoms with van der Waals surface area (Å²) >= 11 is 6.22. The molecule has 8 heteroatoms. The van der Waals surface area contributed by atoms with Gasteiger partial charge in [0.1, 0.15) is 0 Å². The van der Waals surface area contributed by atoms with Crippen molar-refractivity contribution >= 4 is 40.7 Å². The maximum absolute atomic E-state index is 8.85. The van der Waals surface area contributed by atoms with Crippen LogP contribution in [0.1, 0.15) is 50.3 Å². The molecule has 35 heavy (non-hydrogen) atoms. The third kappa shape index (κ3) is 6.99. The van der Waals surface area contributed by atoms with Crippen LogP contribution in [0, 0.1) is 24.2 Å². The molecule has 2 atom stereocenters. The van der Waals surface area contributed by atoms with E-state index < -0.39 is 0 Å². The number of rotatable bonds is 7. The first kappa shape index (κ1) is 28.2. The summed E-state index contributed by atoms with van der Waals surface area (Å²) < 4.78 is 0. The zero-order valence-corrected chi connectivity index (χ0v) is 22.1. The van der Waals surface area contributed by atoms with Gasteiger partial charge in [-0.25, -0.2) is 0 Å². The second-order valence-corrected chi connectivity index (χ2v) is 9.35. The maximum Gasteiger partial charge on any atom is 0.204 e. The molecular formula is C27H37ClN6O. The number of aromatic nitrogens is 1. The normalized spacial score (nSPS) is 17.8. The molecule has 1 aromatic heterocycles. The summed E-state index contributed by atoms with van der Waals surface area (Å²) in [6.07, 6.45) is 6.04. The topological polar surface area (TPSA) is 121 Å². The summed E-state index contributed by atoms with van der Waals surface area (Å²) in [5.41, 5.74) is 16.9. The molecular weight excluding hydrogens is 460 g/mol. The van der Waals surface area contributed by atoms with Crippen molar-refractivity contribution in [2.24, 2.45) is 22.6 Å². The number of hydrogen-bond acceptors (Lipinski definition) is 6. The Bertz CT molecular complexity index is 1100. The number of nitrogens with one attached hydrogen (secondary N) is 1. The molecule has 2 unspecified atom stereocenters. The number of carbonyl (C=O) groups is 1. The quantitative estimate of drug-likeness (QED) is 0.284. The molecule has 0 aliphatic carbocycles. The van der Waals surface area contributed by atoms with Gasteiger partial charge in [-0.3, -0.25) is 20.2 Å². The number of nitrogens with two attached hydrogens (primary N) is 2. The van der Waals surface area contributed by atoms with Crippen LogP contribution in [0.3, 0.4) is 0 Å². The first-order valence-electron chi connectivity index (χ1n) is 11.8. The summed E-state index contributed by atoms with van der Waals surface area (Å²) in [6.45, 7) is 10.2. The fourth-order valence-corrected chi connectivity index (χ4v) is 4.46. The lowest BCUT2D eigenvalue weighted by Gasteiger charge is -2.23. The van der Waals surface area contributed by atoms with Gasteiger partial charge in [0, 0.05) is 46.8 Å². The van der Waals surface area contributed by atoms with Gasteiger partial charge in [-0.2, -0.15) is 0 Å². The molecule has 7 nitrogen and oxygen atoms in total. The summed E-state index contributed by atoms with van der Waals surface area (Å²) in [5, 5.41) is 9.46. The Morgan fingerprint density at radius 3 is 2.63 bits per heavy atom. The number of amides is 1. The molecule has 2 heterocycles. The molecule has 0 radical (unpaired) electrons. The van der Waals surface area contributed by atoms with Gasteiger partial charge in [0.15, 0.2) is 0 Å². The van der Waals surface area contributed by atoms with E-state index in [1.807, 2.05) is 32.2 Å². The van der Waals surface area contributed by atoms with Crippen LogP contribution in [-0.2, 0) is 4.79 Å². The van der Waals surface area contributed by atoms with Gasteiger partial charge >= 0.3 is 0 Å². The molecule has 1 aromatic carbocycles. The van der Waals surface area contributed by atoms with Crippen molar-refractivity contribution in [1.82, 2.24) is 9.88 Å². The first-order valence-corrected chi connectivity index (χ1v) is 12.2. The number of nitrogens with zero attached hydrogens (tertiary/aromatic N) is 3. The van der Waals surface area contributed by atoms with Crippen LogP contribution in [0.5, 0.6) is 0 Å². The van der Waals surface area contributed by atoms with E-state index in [4.69, 9.17) is 32.5 Å². The minimum atomic E-state index is 0.250. The zero-order valence-electron chi connectivity index (χ0n) is 21.3. The third-order valence-corrected chi connectivity index (χ3v) is 6.91. The van der Waals surface area contributed by atoms with E-state index >= 15 is 0 Å². The molecule has 2 aromatic rings. The fraction of sp³-hybridized carbons (Fsp3) is 0.407. The lowest BCUT2D eigenvalue weighted by molar-refractivity contribution is -0.106. The van der Waals surface area contributed by atoms with Crippen LogP contribution >= 0.6 is 11.6 Å². The van der Waals surface area contributed by atoms with E-state index in [1.165, 1.54) is 5.57 Å². The highest BCUT2D eigenvalue weighted by atomic mass is 35.5. The summed E-state index contributed by atoms with van der Waals surface area (Å²) in [6, 6.07) is 7.71. The van der Waals surface area contributed by atoms with E-state index in [-0.39, 0.29) is 6.41 Å². The molecule has 1 saturated heterocycles. The monoisotopic (exact) mass is 496 g/mol. The SMILES string of the molecule is CCC(C)/C(=C(\N=C(C)C(=N)c1ccc(Cl)c(C)c1N)C1CCN(C)C1)c1cccnc1.NC=O. The lowest BCUT2D eigenvalue weighted by Crippen LogP contribution is -2.19. The average Bonchev–Trinajstić information content (AvgIpc) is 3.28. The zero-order chi connectivity index (χ0) is 26.1. The number of pyridine rings is 1. The van der Waals surface area contributed by atoms with Crippen LogP contribution in [0.25, 0.3) is 5.57 Å². The predicted molar refractivity (Wildman–Crippen MR) is 147 cm³/mol. The van der Waals surface area contributed by atoms with Crippen LogP contribution in [-0.4, -0.2) is 47.9 Å². The van der Waals surface area contributed by atoms with Gasteiger partial charge < -0.3 is 16.4 Å². The second kappa shape index (κ2) is 13.2. The number of allylic oxidation sites excluding steroid dienone is 1. The smallest absolute Gasteiger partial charge is 0.204 e. The molecule has 0 saturated carbocycles. The van der Waals surface area contributed by atoms with Crippen molar-refractivity contribution in [1.29, 1.82) is 5.41 Å². The fourth-order valence-electron chi connectivity index (χ4n) is 4.29. The van der Waals surface area contributed by atoms with Gasteiger partial charge in [0.25, 0.3) is 0 Å². The van der Waals surface area contributed by atoms with Crippen molar-refractivity contribution in [3.63, 3.8) is 0 Å². The maximum atomic E-state index is 8.85. The number of likely N-dealkylation sites (tertiary alicyclic amines) is 1. The van der Waals surface area contributed by atoms with Crippen LogP contribution in [0.2, 0.25) is 5.02 Å². The van der Waals surface area contributed by atoms with Gasteiger partial charge in [-0.1, -0.05) is 31.5 Å². The van der Waals surface area contributed by atoms with E-state index in [0.717, 1.165) is 42.8 Å². The number of benzene rings is 1. The van der Waals surface area contributed by atoms with Crippen molar-refractivity contribution in [2.45, 2.75) is 40.5 Å². The Morgan fingerprint density at radius 2 is 2.09 bits per heavy atom. The van der Waals surface area contributed by atoms with Gasteiger partial charge in [-0.05, 0) is 81.1 Å². The van der Waals surface area contributed by atoms with Gasteiger partial charge in [0.2, 0.25) is 6.41 Å². The summed E-state index contributed by atoms with van der Waals surface area (Å²) in [7, 11) is 2.15. The van der Waals surface area contributed by atoms with Crippen LogP contribution < -0.4 is 11.5 Å². The van der Waals surface area contributed by atoms with Crippen molar-refractivity contribution in [3.05, 3.63) is 64.1 Å². The van der Waals surface area contributed by atoms with E-state index in [9.17, 15) is 0 Å². The van der Waals surface area contributed by atoms with E-state index in [2.05, 4.69) is 42.6 Å². The number of aliphatic imine (C=N–C) groups is 1. The minimum absolute atomic E-state index is 0.250. The number of carbonyl (C=O) groups excluding carboxylic acids is 1. The van der Waals surface area contributed by atoms with Crippen LogP contribution in [0.15, 0.2) is 47.3 Å². The van der Waals surface area contributed by atoms with Crippen molar-refractivity contribution < 1.29 is 4.79 Å². The third-order valence-electron chi connectivity index (χ3n) is 6.50. The molecule has 188 valence electrons. The first-order chi connectivity index (χ1) is 16.7. The second-order valence-electron chi connectivity index (χ2n) is 8.94. The highest BCUT2D eigenvalue weighted by molar-refractivity contribution is 6.48. The Kier molecular flexibility index (Phi) is 10.6. The number of hydrogen-bond donors (Lipinski definition) is 3. The van der Waals surface area contributed by atoms with E-state index in [0.29, 0.717) is 39.5 Å². The van der Waals surface area contributed by atoms with Crippen molar-refractivity contribution in [2.75, 3.05) is 25.9 Å². The Balaban J connectivity index is 0.00000137. The molecule has 5 N–H and O–H groups in total. The lowest BCUT2D eigenvalue weighted by atomic mass is 9.86. The van der Waals surface area contributed by atoms with Gasteiger partial charge in [0.05, 0.1) is 11.4 Å². The van der Waals surface area contributed by atoms with Gasteiger partial charge in [-0.15, -0.1) is 0 Å². The standard InChI is InChI=1S/C26H34ClN5.CH3NO/c1-6-16(2)23(19-8-7-12-30-14-19)26(20-11-13-32(5)15-20)31-18(4)25(29)21-9-10-22(27)17(3)24(21)28;2-1-3/h7-10,12,14,16,20,29H,6,11,13,15,28H2,1-5H3;1H,(H2,2,3)/b26-23+,29-25?,31-18?;. The number of primary amides is 1. The Labute approximate surface area is 213 Å². The largest absolute Gasteiger partial charge is 0.398 e. The predicted octanol–water partition coefficient (Wildman–Crippen LogP) is 4.96. The summed E-state index contributed by atoms with van der Waals surface area (Å²) in [4.78, 5) is 20.4. The molecule has 1 fully saturated rings. The minimum Gasteiger partial charge on any atom is -0.398 e. The van der Waals surface area contributed by atoms with Crippen LogP contribution in [0.4, 0.5) is 5.69 Å². The average molecular weight is 497 g/mol. The highest BCUT2D eigenvalue weighted by Crippen LogP contribution is 2.36. The molecule has 0 bridgehead atoms. The molecule has 1 aliphatic rings.